The van der Waals surface area contributed by atoms with Crippen molar-refractivity contribution in [3.05, 3.63) is 0 Å². The van der Waals surface area contributed by atoms with E-state index in [9.17, 15) is 4.79 Å². The molecule has 1 amide bonds. The summed E-state index contributed by atoms with van der Waals surface area (Å²) in [6.07, 6.45) is 1.76. The first kappa shape index (κ1) is 14.4. The summed E-state index contributed by atoms with van der Waals surface area (Å²) in [5.41, 5.74) is 5.73. The first-order chi connectivity index (χ1) is 8.17. The fraction of sp³-hybridized carbons (Fsp3) is 0.917. The van der Waals surface area contributed by atoms with Gasteiger partial charge in [0.15, 0.2) is 0 Å². The molecule has 0 bridgehead atoms. The second-order valence-corrected chi connectivity index (χ2v) is 4.53. The molecule has 0 aliphatic carbocycles. The molecule has 1 rings (SSSR count). The van der Waals surface area contributed by atoms with Gasteiger partial charge in [0, 0.05) is 19.6 Å². The lowest BCUT2D eigenvalue weighted by Gasteiger charge is -2.32. The molecule has 0 radical (unpaired) electrons. The van der Waals surface area contributed by atoms with Crippen LogP contribution in [0.1, 0.15) is 26.7 Å². The van der Waals surface area contributed by atoms with Crippen LogP contribution in [-0.2, 0) is 9.53 Å². The van der Waals surface area contributed by atoms with Crippen LogP contribution in [0.15, 0.2) is 0 Å². The number of likely N-dealkylation sites (N-methyl/N-ethyl adjacent to an activating group) is 1. The Morgan fingerprint density at radius 1 is 1.59 bits per heavy atom. The number of nitrogens with zero attached hydrogens (tertiary/aromatic N) is 1. The number of amides is 1. The molecular weight excluding hydrogens is 218 g/mol. The molecule has 0 saturated carbocycles. The zero-order valence-electron chi connectivity index (χ0n) is 10.9. The van der Waals surface area contributed by atoms with Crippen LogP contribution in [0.4, 0.5) is 0 Å². The maximum Gasteiger partial charge on any atom is 0.237 e. The summed E-state index contributed by atoms with van der Waals surface area (Å²) < 4.78 is 5.60. The Labute approximate surface area is 104 Å². The number of rotatable bonds is 6. The van der Waals surface area contributed by atoms with Crippen LogP contribution >= 0.6 is 0 Å². The summed E-state index contributed by atoms with van der Waals surface area (Å²) in [5.74, 6) is -0.0657. The van der Waals surface area contributed by atoms with E-state index in [-0.39, 0.29) is 18.1 Å². The van der Waals surface area contributed by atoms with Crippen LogP contribution in [0.25, 0.3) is 0 Å². The third kappa shape index (κ3) is 5.02. The van der Waals surface area contributed by atoms with Crippen LogP contribution in [0.5, 0.6) is 0 Å². The van der Waals surface area contributed by atoms with Gasteiger partial charge in [0.05, 0.1) is 18.8 Å². The van der Waals surface area contributed by atoms with Crippen LogP contribution in [0.3, 0.4) is 0 Å². The molecule has 2 unspecified atom stereocenters. The minimum atomic E-state index is -0.383. The van der Waals surface area contributed by atoms with E-state index < -0.39 is 0 Å². The second kappa shape index (κ2) is 7.63. The van der Waals surface area contributed by atoms with Crippen molar-refractivity contribution in [2.45, 2.75) is 38.8 Å². The van der Waals surface area contributed by atoms with Crippen molar-refractivity contribution in [1.29, 1.82) is 0 Å². The number of hydrogen-bond acceptors (Lipinski definition) is 4. The van der Waals surface area contributed by atoms with Crippen molar-refractivity contribution in [2.24, 2.45) is 5.73 Å². The number of morpholine rings is 1. The van der Waals surface area contributed by atoms with Gasteiger partial charge in [0.2, 0.25) is 5.91 Å². The van der Waals surface area contributed by atoms with Gasteiger partial charge in [-0.3, -0.25) is 9.69 Å². The summed E-state index contributed by atoms with van der Waals surface area (Å²) in [7, 11) is 0. The lowest BCUT2D eigenvalue weighted by molar-refractivity contribution is -0.123. The van der Waals surface area contributed by atoms with E-state index in [2.05, 4.69) is 17.1 Å². The highest BCUT2D eigenvalue weighted by molar-refractivity contribution is 5.81. The standard InChI is InChI=1S/C12H25N3O2/c1-3-5-11(13)12(16)14-8-10-9-15(4-2)6-7-17-10/h10-11H,3-9,13H2,1-2H3,(H,14,16). The zero-order chi connectivity index (χ0) is 12.7. The predicted molar refractivity (Wildman–Crippen MR) is 67.7 cm³/mol. The number of ether oxygens (including phenoxy) is 1. The van der Waals surface area contributed by atoms with Gasteiger partial charge in [-0.25, -0.2) is 0 Å². The maximum atomic E-state index is 11.6. The molecule has 0 aromatic heterocycles. The summed E-state index contributed by atoms with van der Waals surface area (Å²) in [5, 5.41) is 2.87. The first-order valence-electron chi connectivity index (χ1n) is 6.54. The molecule has 1 fully saturated rings. The maximum absolute atomic E-state index is 11.6. The second-order valence-electron chi connectivity index (χ2n) is 4.53. The van der Waals surface area contributed by atoms with Crippen LogP contribution in [-0.4, -0.2) is 55.7 Å². The fourth-order valence-corrected chi connectivity index (χ4v) is 1.98. The largest absolute Gasteiger partial charge is 0.374 e. The Hall–Kier alpha value is -0.650. The normalized spacial score (nSPS) is 23.4. The zero-order valence-corrected chi connectivity index (χ0v) is 10.9. The van der Waals surface area contributed by atoms with Gasteiger partial charge in [-0.15, -0.1) is 0 Å². The molecule has 0 aromatic carbocycles. The van der Waals surface area contributed by atoms with Crippen LogP contribution < -0.4 is 11.1 Å². The molecule has 1 heterocycles. The minimum Gasteiger partial charge on any atom is -0.374 e. The molecule has 5 nitrogen and oxygen atoms in total. The highest BCUT2D eigenvalue weighted by Gasteiger charge is 2.20. The van der Waals surface area contributed by atoms with Gasteiger partial charge in [0.1, 0.15) is 0 Å². The van der Waals surface area contributed by atoms with Crippen molar-refractivity contribution in [1.82, 2.24) is 10.2 Å². The number of nitrogens with two attached hydrogens (primary N) is 1. The van der Waals surface area contributed by atoms with Gasteiger partial charge in [-0.1, -0.05) is 20.3 Å². The minimum absolute atomic E-state index is 0.0657. The smallest absolute Gasteiger partial charge is 0.237 e. The van der Waals surface area contributed by atoms with Crippen molar-refractivity contribution < 1.29 is 9.53 Å². The lowest BCUT2D eigenvalue weighted by Crippen LogP contribution is -2.49. The topological polar surface area (TPSA) is 67.6 Å². The summed E-state index contributed by atoms with van der Waals surface area (Å²) >= 11 is 0. The summed E-state index contributed by atoms with van der Waals surface area (Å²) in [6, 6.07) is -0.383. The molecule has 2 atom stereocenters. The van der Waals surface area contributed by atoms with Gasteiger partial charge in [-0.2, -0.15) is 0 Å². The molecule has 1 aliphatic heterocycles. The van der Waals surface area contributed by atoms with Gasteiger partial charge < -0.3 is 15.8 Å². The van der Waals surface area contributed by atoms with E-state index in [1.807, 2.05) is 6.92 Å². The van der Waals surface area contributed by atoms with Gasteiger partial charge in [-0.05, 0) is 13.0 Å². The van der Waals surface area contributed by atoms with Crippen molar-refractivity contribution in [3.63, 3.8) is 0 Å². The molecule has 1 aliphatic rings. The van der Waals surface area contributed by atoms with E-state index in [1.54, 1.807) is 0 Å². The van der Waals surface area contributed by atoms with E-state index in [1.165, 1.54) is 0 Å². The molecule has 1 saturated heterocycles. The van der Waals surface area contributed by atoms with Gasteiger partial charge >= 0.3 is 0 Å². The highest BCUT2D eigenvalue weighted by Crippen LogP contribution is 2.03. The van der Waals surface area contributed by atoms with E-state index in [0.717, 1.165) is 39.1 Å². The molecule has 5 heteroatoms. The Balaban J connectivity index is 2.23. The molecule has 17 heavy (non-hydrogen) atoms. The fourth-order valence-electron chi connectivity index (χ4n) is 1.98. The van der Waals surface area contributed by atoms with E-state index >= 15 is 0 Å². The molecule has 0 aromatic rings. The number of carbonyl (C=O) groups excluding carboxylic acids is 1. The third-order valence-corrected chi connectivity index (χ3v) is 3.11. The quantitative estimate of drug-likeness (QED) is 0.686. The molecule has 0 spiro atoms. The van der Waals surface area contributed by atoms with Crippen molar-refractivity contribution in [3.8, 4) is 0 Å². The van der Waals surface area contributed by atoms with Crippen molar-refractivity contribution >= 4 is 5.91 Å². The van der Waals surface area contributed by atoms with Crippen LogP contribution in [0.2, 0.25) is 0 Å². The Bertz CT molecular complexity index is 236. The lowest BCUT2D eigenvalue weighted by atomic mass is 10.1. The predicted octanol–water partition coefficient (Wildman–Crippen LogP) is -0.0493. The summed E-state index contributed by atoms with van der Waals surface area (Å²) in [4.78, 5) is 13.9. The average Bonchev–Trinajstić information content (AvgIpc) is 2.36. The Morgan fingerprint density at radius 2 is 2.35 bits per heavy atom. The molecule has 100 valence electrons. The Kier molecular flexibility index (Phi) is 6.47. The van der Waals surface area contributed by atoms with Crippen molar-refractivity contribution in [2.75, 3.05) is 32.8 Å². The van der Waals surface area contributed by atoms with Gasteiger partial charge in [0.25, 0.3) is 0 Å². The SMILES string of the molecule is CCCC(N)C(=O)NCC1CN(CC)CCO1. The number of hydrogen-bond donors (Lipinski definition) is 2. The monoisotopic (exact) mass is 243 g/mol. The highest BCUT2D eigenvalue weighted by atomic mass is 16.5. The van der Waals surface area contributed by atoms with Crippen LogP contribution in [0, 0.1) is 0 Å². The number of nitrogens with one attached hydrogen (secondary N) is 1. The summed E-state index contributed by atoms with van der Waals surface area (Å²) in [6.45, 7) is 8.37. The van der Waals surface area contributed by atoms with E-state index in [4.69, 9.17) is 10.5 Å². The number of carbonyl (C=O) groups is 1. The Morgan fingerprint density at radius 3 is 3.00 bits per heavy atom. The average molecular weight is 243 g/mol. The van der Waals surface area contributed by atoms with E-state index in [0.29, 0.717) is 6.54 Å². The first-order valence-corrected chi connectivity index (χ1v) is 6.54. The molecular formula is C12H25N3O2. The third-order valence-electron chi connectivity index (χ3n) is 3.11. The molecule has 3 N–H and O–H groups in total.